The number of aryl methyl sites for hydroxylation is 1. The van der Waals surface area contributed by atoms with Gasteiger partial charge < -0.3 is 14.5 Å². The summed E-state index contributed by atoms with van der Waals surface area (Å²) in [6.45, 7) is 3.99. The van der Waals surface area contributed by atoms with E-state index < -0.39 is 10.8 Å². The first-order chi connectivity index (χ1) is 11.5. The van der Waals surface area contributed by atoms with Crippen molar-refractivity contribution in [3.63, 3.8) is 0 Å². The van der Waals surface area contributed by atoms with Crippen molar-refractivity contribution in [2.45, 2.75) is 24.8 Å². The number of hydrogen-bond acceptors (Lipinski definition) is 4. The van der Waals surface area contributed by atoms with Gasteiger partial charge in [-0.3, -0.25) is 4.21 Å². The molecule has 0 saturated heterocycles. The molecule has 0 saturated carbocycles. The van der Waals surface area contributed by atoms with E-state index in [4.69, 9.17) is 9.47 Å². The van der Waals surface area contributed by atoms with E-state index in [1.807, 2.05) is 44.2 Å². The first kappa shape index (κ1) is 16.5. The summed E-state index contributed by atoms with van der Waals surface area (Å²) in [6, 6.07) is 9.53. The van der Waals surface area contributed by atoms with Gasteiger partial charge in [-0.2, -0.15) is 0 Å². The van der Waals surface area contributed by atoms with Crippen molar-refractivity contribution in [1.82, 2.24) is 9.97 Å². The Kier molecular flexibility index (Phi) is 4.57. The minimum absolute atomic E-state index is 0.388. The highest BCUT2D eigenvalue weighted by Crippen LogP contribution is 2.27. The van der Waals surface area contributed by atoms with Crippen LogP contribution in [0.1, 0.15) is 16.7 Å². The molecule has 0 aliphatic carbocycles. The number of ether oxygens (including phenoxy) is 2. The van der Waals surface area contributed by atoms with Crippen molar-refractivity contribution in [2.75, 3.05) is 14.2 Å². The summed E-state index contributed by atoms with van der Waals surface area (Å²) in [4.78, 5) is 7.56. The molecule has 0 aliphatic rings. The zero-order valence-corrected chi connectivity index (χ0v) is 15.0. The van der Waals surface area contributed by atoms with Gasteiger partial charge in [-0.1, -0.05) is 12.1 Å². The summed E-state index contributed by atoms with van der Waals surface area (Å²) in [6.07, 6.45) is 0. The fourth-order valence-corrected chi connectivity index (χ4v) is 3.90. The third-order valence-corrected chi connectivity index (χ3v) is 5.29. The van der Waals surface area contributed by atoms with E-state index in [1.54, 1.807) is 14.2 Å². The second-order valence-electron chi connectivity index (χ2n) is 5.61. The molecule has 1 N–H and O–H groups in total. The number of H-pyrrole nitrogens is 1. The summed E-state index contributed by atoms with van der Waals surface area (Å²) in [5, 5.41) is 0.470. The average molecular weight is 344 g/mol. The van der Waals surface area contributed by atoms with Crippen LogP contribution in [0.3, 0.4) is 0 Å². The molecule has 0 bridgehead atoms. The number of methoxy groups -OCH3 is 2. The predicted molar refractivity (Wildman–Crippen MR) is 95.2 cm³/mol. The molecular weight excluding hydrogens is 324 g/mol. The fourth-order valence-electron chi connectivity index (χ4n) is 2.75. The highest BCUT2D eigenvalue weighted by atomic mass is 32.2. The molecule has 3 rings (SSSR count). The van der Waals surface area contributed by atoms with Gasteiger partial charge in [-0.15, -0.1) is 0 Å². The Morgan fingerprint density at radius 2 is 1.92 bits per heavy atom. The van der Waals surface area contributed by atoms with Crippen LogP contribution >= 0.6 is 0 Å². The minimum atomic E-state index is -1.27. The molecule has 2 aromatic carbocycles. The van der Waals surface area contributed by atoms with E-state index >= 15 is 0 Å². The fraction of sp³-hybridized carbons (Fsp3) is 0.278. The summed E-state index contributed by atoms with van der Waals surface area (Å²) >= 11 is 0. The number of aromatic nitrogens is 2. The molecule has 0 radical (unpaired) electrons. The van der Waals surface area contributed by atoms with Crippen LogP contribution in [0.4, 0.5) is 0 Å². The number of benzene rings is 2. The van der Waals surface area contributed by atoms with Gasteiger partial charge in [0.25, 0.3) is 0 Å². The molecule has 0 fully saturated rings. The number of hydrogen-bond donors (Lipinski definition) is 1. The van der Waals surface area contributed by atoms with E-state index in [1.165, 1.54) is 0 Å². The molecule has 1 aromatic heterocycles. The van der Waals surface area contributed by atoms with Crippen LogP contribution in [0.2, 0.25) is 0 Å². The lowest BCUT2D eigenvalue weighted by Crippen LogP contribution is -2.02. The summed E-state index contributed by atoms with van der Waals surface area (Å²) < 4.78 is 23.4. The largest absolute Gasteiger partial charge is 0.497 e. The minimum Gasteiger partial charge on any atom is -0.497 e. The number of aromatic amines is 1. The lowest BCUT2D eigenvalue weighted by molar-refractivity contribution is 0.408. The Hall–Kier alpha value is -2.34. The maximum Gasteiger partial charge on any atom is 0.197 e. The van der Waals surface area contributed by atoms with Crippen LogP contribution in [0.5, 0.6) is 11.5 Å². The predicted octanol–water partition coefficient (Wildman–Crippen LogP) is 3.50. The Morgan fingerprint density at radius 3 is 2.62 bits per heavy atom. The molecule has 1 atom stereocenters. The Morgan fingerprint density at radius 1 is 1.12 bits per heavy atom. The van der Waals surface area contributed by atoms with Crippen molar-refractivity contribution in [2.24, 2.45) is 0 Å². The molecule has 126 valence electrons. The normalized spacial score (nSPS) is 12.3. The quantitative estimate of drug-likeness (QED) is 0.769. The average Bonchev–Trinajstić information content (AvgIpc) is 3.01. The Bertz CT molecular complexity index is 918. The van der Waals surface area contributed by atoms with Gasteiger partial charge in [0, 0.05) is 6.07 Å². The molecule has 0 spiro atoms. The third kappa shape index (κ3) is 3.01. The van der Waals surface area contributed by atoms with E-state index in [9.17, 15) is 4.21 Å². The number of fused-ring (bicyclic) bond motifs is 1. The standard InChI is InChI=1S/C18H20N2O3S/c1-11-5-6-13(12(2)17(11)23-4)10-24(21)18-19-15-8-7-14(22-3)9-16(15)20-18/h5-9H,10H2,1-4H3,(H,19,20). The second kappa shape index (κ2) is 6.65. The highest BCUT2D eigenvalue weighted by molar-refractivity contribution is 7.84. The van der Waals surface area contributed by atoms with Crippen LogP contribution in [-0.4, -0.2) is 28.4 Å². The Balaban J connectivity index is 1.90. The summed E-state index contributed by atoms with van der Waals surface area (Å²) in [7, 11) is 2.00. The van der Waals surface area contributed by atoms with Crippen LogP contribution in [0.15, 0.2) is 35.5 Å². The van der Waals surface area contributed by atoms with Crippen molar-refractivity contribution >= 4 is 21.8 Å². The molecule has 1 unspecified atom stereocenters. The maximum absolute atomic E-state index is 12.7. The van der Waals surface area contributed by atoms with Crippen LogP contribution in [-0.2, 0) is 16.6 Å². The van der Waals surface area contributed by atoms with E-state index in [0.717, 1.165) is 39.2 Å². The SMILES string of the molecule is COc1ccc2nc(S(=O)Cc3ccc(C)c(OC)c3C)[nH]c2c1. The first-order valence-corrected chi connectivity index (χ1v) is 8.90. The molecule has 3 aromatic rings. The first-order valence-electron chi connectivity index (χ1n) is 7.58. The van der Waals surface area contributed by atoms with Crippen LogP contribution in [0.25, 0.3) is 11.0 Å². The lowest BCUT2D eigenvalue weighted by Gasteiger charge is -2.12. The van der Waals surface area contributed by atoms with Crippen LogP contribution in [0, 0.1) is 13.8 Å². The molecule has 24 heavy (non-hydrogen) atoms. The number of rotatable bonds is 5. The van der Waals surface area contributed by atoms with E-state index in [-0.39, 0.29) is 0 Å². The molecule has 1 heterocycles. The van der Waals surface area contributed by atoms with Gasteiger partial charge in [0.05, 0.1) is 41.8 Å². The zero-order valence-electron chi connectivity index (χ0n) is 14.2. The van der Waals surface area contributed by atoms with Crippen LogP contribution < -0.4 is 9.47 Å². The van der Waals surface area contributed by atoms with E-state index in [2.05, 4.69) is 9.97 Å². The molecule has 5 nitrogen and oxygen atoms in total. The number of nitrogens with zero attached hydrogens (tertiary/aromatic N) is 1. The van der Waals surface area contributed by atoms with E-state index in [0.29, 0.717) is 10.9 Å². The number of imidazole rings is 1. The molecule has 0 amide bonds. The maximum atomic E-state index is 12.7. The summed E-state index contributed by atoms with van der Waals surface area (Å²) in [5.41, 5.74) is 4.67. The Labute approximate surface area is 143 Å². The zero-order chi connectivity index (χ0) is 17.3. The second-order valence-corrected chi connectivity index (χ2v) is 6.98. The van der Waals surface area contributed by atoms with Crippen molar-refractivity contribution in [1.29, 1.82) is 0 Å². The summed E-state index contributed by atoms with van der Waals surface area (Å²) in [5.74, 6) is 1.97. The van der Waals surface area contributed by atoms with Gasteiger partial charge in [-0.25, -0.2) is 4.98 Å². The molecular formula is C18H20N2O3S. The monoisotopic (exact) mass is 344 g/mol. The van der Waals surface area contributed by atoms with Gasteiger partial charge in [-0.05, 0) is 42.7 Å². The topological polar surface area (TPSA) is 64.2 Å². The van der Waals surface area contributed by atoms with Gasteiger partial charge in [0.1, 0.15) is 11.5 Å². The third-order valence-electron chi connectivity index (χ3n) is 4.09. The lowest BCUT2D eigenvalue weighted by atomic mass is 10.1. The smallest absolute Gasteiger partial charge is 0.197 e. The molecule has 6 heteroatoms. The van der Waals surface area contributed by atoms with Crippen molar-refractivity contribution in [3.8, 4) is 11.5 Å². The van der Waals surface area contributed by atoms with Gasteiger partial charge in [0.15, 0.2) is 5.16 Å². The van der Waals surface area contributed by atoms with Gasteiger partial charge in [0.2, 0.25) is 0 Å². The van der Waals surface area contributed by atoms with Gasteiger partial charge >= 0.3 is 0 Å². The van der Waals surface area contributed by atoms with Crippen molar-refractivity contribution < 1.29 is 13.7 Å². The number of nitrogens with one attached hydrogen (secondary N) is 1. The highest BCUT2D eigenvalue weighted by Gasteiger charge is 2.15. The van der Waals surface area contributed by atoms with Crippen molar-refractivity contribution in [3.05, 3.63) is 47.0 Å². The molecule has 0 aliphatic heterocycles.